The molecule has 0 aliphatic heterocycles. The highest BCUT2D eigenvalue weighted by Gasteiger charge is 2.25. The number of rotatable bonds is 1. The van der Waals surface area contributed by atoms with E-state index in [1.165, 1.54) is 0 Å². The molecule has 70 valence electrons. The summed E-state index contributed by atoms with van der Waals surface area (Å²) in [6.07, 6.45) is 0. The monoisotopic (exact) mass is 254 g/mol. The lowest BCUT2D eigenvalue weighted by Crippen LogP contribution is -2.35. The fourth-order valence-corrected chi connectivity index (χ4v) is 1.40. The summed E-state index contributed by atoms with van der Waals surface area (Å²) in [5.41, 5.74) is -0.723. The SMILES string of the molecule is OB(O)c1c(Br)cc(F)c(F)c1F. The van der Waals surface area contributed by atoms with Crippen molar-refractivity contribution in [2.45, 2.75) is 0 Å². The van der Waals surface area contributed by atoms with E-state index in [0.29, 0.717) is 6.07 Å². The standard InChI is InChI=1S/C6H3BBrF3O2/c8-2-1-3(9)5(10)6(11)4(2)7(12)13/h1,12-13H. The summed E-state index contributed by atoms with van der Waals surface area (Å²) in [4.78, 5) is 0. The molecular weight excluding hydrogens is 252 g/mol. The van der Waals surface area contributed by atoms with Crippen LogP contribution in [0.25, 0.3) is 0 Å². The summed E-state index contributed by atoms with van der Waals surface area (Å²) >= 11 is 2.67. The van der Waals surface area contributed by atoms with Gasteiger partial charge in [-0.25, -0.2) is 13.2 Å². The molecule has 1 rings (SSSR count). The van der Waals surface area contributed by atoms with E-state index in [1.807, 2.05) is 0 Å². The highest BCUT2D eigenvalue weighted by molar-refractivity contribution is 9.10. The van der Waals surface area contributed by atoms with Gasteiger partial charge in [0.05, 0.1) is 0 Å². The Kier molecular flexibility index (Phi) is 3.00. The Bertz CT molecular complexity index is 345. The number of hydrogen-bond donors (Lipinski definition) is 2. The Morgan fingerprint density at radius 1 is 1.15 bits per heavy atom. The molecule has 0 saturated carbocycles. The van der Waals surface area contributed by atoms with Crippen LogP contribution >= 0.6 is 15.9 Å². The Labute approximate surface area is 80.3 Å². The molecule has 0 heterocycles. The van der Waals surface area contributed by atoms with Crippen molar-refractivity contribution in [3.05, 3.63) is 28.0 Å². The summed E-state index contributed by atoms with van der Waals surface area (Å²) in [5.74, 6) is -4.73. The Morgan fingerprint density at radius 2 is 1.69 bits per heavy atom. The average molecular weight is 255 g/mol. The Morgan fingerprint density at radius 3 is 2.15 bits per heavy atom. The molecule has 0 bridgehead atoms. The van der Waals surface area contributed by atoms with Crippen LogP contribution in [-0.4, -0.2) is 17.2 Å². The molecule has 0 saturated heterocycles. The fourth-order valence-electron chi connectivity index (χ4n) is 0.817. The maximum absolute atomic E-state index is 12.8. The molecule has 1 aromatic rings. The first-order valence-electron chi connectivity index (χ1n) is 3.14. The van der Waals surface area contributed by atoms with Gasteiger partial charge in [-0.2, -0.15) is 0 Å². The van der Waals surface area contributed by atoms with Gasteiger partial charge >= 0.3 is 7.12 Å². The first-order valence-corrected chi connectivity index (χ1v) is 3.93. The molecule has 7 heteroatoms. The largest absolute Gasteiger partial charge is 0.492 e. The van der Waals surface area contributed by atoms with Crippen molar-refractivity contribution < 1.29 is 23.2 Å². The molecule has 0 aliphatic rings. The average Bonchev–Trinajstić information content (AvgIpc) is 1.99. The number of benzene rings is 1. The van der Waals surface area contributed by atoms with Crippen molar-refractivity contribution in [2.24, 2.45) is 0 Å². The third-order valence-electron chi connectivity index (χ3n) is 1.41. The van der Waals surface area contributed by atoms with E-state index in [-0.39, 0.29) is 4.47 Å². The molecule has 0 spiro atoms. The summed E-state index contributed by atoms with van der Waals surface area (Å²) in [5, 5.41) is 17.2. The van der Waals surface area contributed by atoms with E-state index in [4.69, 9.17) is 10.0 Å². The van der Waals surface area contributed by atoms with E-state index in [2.05, 4.69) is 15.9 Å². The number of halogens is 4. The zero-order valence-electron chi connectivity index (χ0n) is 6.06. The highest BCUT2D eigenvalue weighted by Crippen LogP contribution is 2.16. The summed E-state index contributed by atoms with van der Waals surface area (Å²) < 4.78 is 37.6. The number of hydrogen-bond acceptors (Lipinski definition) is 2. The molecule has 0 aliphatic carbocycles. The topological polar surface area (TPSA) is 40.5 Å². The second-order valence-corrected chi connectivity index (χ2v) is 3.11. The van der Waals surface area contributed by atoms with Gasteiger partial charge in [-0.3, -0.25) is 0 Å². The van der Waals surface area contributed by atoms with E-state index >= 15 is 0 Å². The molecular formula is C6H3BBrF3O2. The lowest BCUT2D eigenvalue weighted by molar-refractivity contribution is 0.414. The summed E-state index contributed by atoms with van der Waals surface area (Å²) in [6, 6.07) is 0.618. The van der Waals surface area contributed by atoms with Gasteiger partial charge in [-0.15, -0.1) is 0 Å². The second kappa shape index (κ2) is 3.69. The summed E-state index contributed by atoms with van der Waals surface area (Å²) in [7, 11) is -2.19. The molecule has 0 unspecified atom stereocenters. The van der Waals surface area contributed by atoms with Crippen molar-refractivity contribution in [2.75, 3.05) is 0 Å². The lowest BCUT2D eigenvalue weighted by atomic mass is 9.80. The summed E-state index contributed by atoms with van der Waals surface area (Å²) in [6.45, 7) is 0. The van der Waals surface area contributed by atoms with Crippen LogP contribution in [0.5, 0.6) is 0 Å². The molecule has 0 fully saturated rings. The normalized spacial score (nSPS) is 10.3. The van der Waals surface area contributed by atoms with Crippen LogP contribution < -0.4 is 5.46 Å². The van der Waals surface area contributed by atoms with Crippen molar-refractivity contribution in [3.63, 3.8) is 0 Å². The maximum atomic E-state index is 12.8. The zero-order chi connectivity index (χ0) is 10.2. The van der Waals surface area contributed by atoms with E-state index < -0.39 is 30.0 Å². The molecule has 2 N–H and O–H groups in total. The van der Waals surface area contributed by atoms with Crippen LogP contribution in [-0.2, 0) is 0 Å². The van der Waals surface area contributed by atoms with Crippen molar-refractivity contribution in [1.82, 2.24) is 0 Å². The predicted molar refractivity (Wildman–Crippen MR) is 43.8 cm³/mol. The lowest BCUT2D eigenvalue weighted by Gasteiger charge is -2.05. The van der Waals surface area contributed by atoms with Gasteiger partial charge in [0.25, 0.3) is 0 Å². The Hall–Kier alpha value is -0.525. The van der Waals surface area contributed by atoms with Crippen LogP contribution in [0.1, 0.15) is 0 Å². The Balaban J connectivity index is 3.44. The minimum Gasteiger partial charge on any atom is -0.423 e. The van der Waals surface area contributed by atoms with Gasteiger partial charge < -0.3 is 10.0 Å². The molecule has 0 atom stereocenters. The van der Waals surface area contributed by atoms with Gasteiger partial charge in [-0.05, 0) is 6.07 Å². The van der Waals surface area contributed by atoms with Crippen LogP contribution in [0.15, 0.2) is 10.5 Å². The van der Waals surface area contributed by atoms with E-state index in [1.54, 1.807) is 0 Å². The van der Waals surface area contributed by atoms with Crippen LogP contribution in [0.2, 0.25) is 0 Å². The molecule has 13 heavy (non-hydrogen) atoms. The van der Waals surface area contributed by atoms with Crippen LogP contribution in [0.3, 0.4) is 0 Å². The molecule has 0 radical (unpaired) electrons. The molecule has 1 aromatic carbocycles. The van der Waals surface area contributed by atoms with Crippen LogP contribution in [0, 0.1) is 17.5 Å². The van der Waals surface area contributed by atoms with Gasteiger partial charge in [0.2, 0.25) is 0 Å². The third-order valence-corrected chi connectivity index (χ3v) is 2.06. The van der Waals surface area contributed by atoms with Gasteiger partial charge in [0, 0.05) is 9.94 Å². The molecule has 0 aromatic heterocycles. The first-order chi connectivity index (χ1) is 5.95. The highest BCUT2D eigenvalue weighted by atomic mass is 79.9. The minimum absolute atomic E-state index is 0.237. The molecule has 2 nitrogen and oxygen atoms in total. The van der Waals surface area contributed by atoms with Crippen LogP contribution in [0.4, 0.5) is 13.2 Å². The van der Waals surface area contributed by atoms with Crippen molar-refractivity contribution in [1.29, 1.82) is 0 Å². The smallest absolute Gasteiger partial charge is 0.423 e. The van der Waals surface area contributed by atoms with Gasteiger partial charge in [0.15, 0.2) is 17.5 Å². The minimum atomic E-state index is -2.19. The van der Waals surface area contributed by atoms with Gasteiger partial charge in [0.1, 0.15) is 0 Å². The fraction of sp³-hybridized carbons (Fsp3) is 0. The van der Waals surface area contributed by atoms with Gasteiger partial charge in [-0.1, -0.05) is 15.9 Å². The molecule has 0 amide bonds. The van der Waals surface area contributed by atoms with Crippen molar-refractivity contribution in [3.8, 4) is 0 Å². The maximum Gasteiger partial charge on any atom is 0.492 e. The third kappa shape index (κ3) is 1.87. The predicted octanol–water partition coefficient (Wildman–Crippen LogP) is 0.546. The quantitative estimate of drug-likeness (QED) is 0.437. The first kappa shape index (κ1) is 10.6. The van der Waals surface area contributed by atoms with Crippen molar-refractivity contribution >= 4 is 28.5 Å². The van der Waals surface area contributed by atoms with E-state index in [0.717, 1.165) is 0 Å². The van der Waals surface area contributed by atoms with E-state index in [9.17, 15) is 13.2 Å². The zero-order valence-corrected chi connectivity index (χ0v) is 7.65. The second-order valence-electron chi connectivity index (χ2n) is 2.26.